The van der Waals surface area contributed by atoms with Crippen LogP contribution in [0.5, 0.6) is 11.5 Å². The van der Waals surface area contributed by atoms with Crippen LogP contribution in [0.15, 0.2) is 94.7 Å². The van der Waals surface area contributed by atoms with Gasteiger partial charge in [-0.05, 0) is 53.4 Å². The number of carbonyl (C=O) groups is 3. The molecule has 5 aromatic rings. The normalized spacial score (nSPS) is 18.8. The van der Waals surface area contributed by atoms with Gasteiger partial charge < -0.3 is 14.8 Å². The van der Waals surface area contributed by atoms with Gasteiger partial charge >= 0.3 is 4.87 Å². The van der Waals surface area contributed by atoms with Crippen molar-refractivity contribution in [2.24, 2.45) is 5.92 Å². The number of thioether (sulfide) groups is 1. The highest BCUT2D eigenvalue weighted by Crippen LogP contribution is 2.54. The summed E-state index contributed by atoms with van der Waals surface area (Å²) in [5, 5.41) is 4.30. The third-order valence-electron chi connectivity index (χ3n) is 8.27. The van der Waals surface area contributed by atoms with E-state index >= 15 is 0 Å². The first-order chi connectivity index (χ1) is 22.3. The maximum atomic E-state index is 14.1. The van der Waals surface area contributed by atoms with E-state index in [9.17, 15) is 23.6 Å². The number of ether oxygens (including phenoxy) is 2. The smallest absolute Gasteiger partial charge is 0.308 e. The van der Waals surface area contributed by atoms with Gasteiger partial charge in [-0.3, -0.25) is 23.7 Å². The Labute approximate surface area is 270 Å². The van der Waals surface area contributed by atoms with E-state index in [0.29, 0.717) is 32.7 Å². The largest absolute Gasteiger partial charge is 0.493 e. The number of halogens is 1. The van der Waals surface area contributed by atoms with Crippen molar-refractivity contribution in [2.45, 2.75) is 22.7 Å². The van der Waals surface area contributed by atoms with Crippen molar-refractivity contribution in [1.29, 1.82) is 0 Å². The molecule has 1 aromatic heterocycles. The summed E-state index contributed by atoms with van der Waals surface area (Å²) in [6, 6.07) is 23.6. The Morgan fingerprint density at radius 2 is 1.63 bits per heavy atom. The Hall–Kier alpha value is -4.94. The molecule has 9 nitrogen and oxygen atoms in total. The fourth-order valence-electron chi connectivity index (χ4n) is 6.17. The van der Waals surface area contributed by atoms with E-state index in [-0.39, 0.29) is 17.1 Å². The maximum absolute atomic E-state index is 14.1. The number of aromatic nitrogens is 1. The molecule has 3 atom stereocenters. The third-order valence-corrected chi connectivity index (χ3v) is 10.9. The average molecular weight is 656 g/mol. The second kappa shape index (κ2) is 11.8. The van der Waals surface area contributed by atoms with Gasteiger partial charge in [0.1, 0.15) is 17.6 Å². The van der Waals surface area contributed by atoms with Crippen LogP contribution in [-0.2, 0) is 20.9 Å². The second-order valence-electron chi connectivity index (χ2n) is 10.8. The molecule has 1 fully saturated rings. The number of hydrogen-bond donors (Lipinski definition) is 1. The van der Waals surface area contributed by atoms with Crippen molar-refractivity contribution in [2.75, 3.05) is 24.4 Å². The summed E-state index contributed by atoms with van der Waals surface area (Å²) in [6.45, 7) is -0.291. The van der Waals surface area contributed by atoms with Gasteiger partial charge in [0.15, 0.2) is 11.5 Å². The number of rotatable bonds is 7. The molecule has 1 N–H and O–H groups in total. The molecule has 3 unspecified atom stereocenters. The number of imide groups is 1. The molecular weight excluding hydrogens is 630 g/mol. The molecule has 1 saturated heterocycles. The molecule has 46 heavy (non-hydrogen) atoms. The van der Waals surface area contributed by atoms with Crippen molar-refractivity contribution in [3.63, 3.8) is 0 Å². The number of thiazole rings is 1. The molecule has 232 valence electrons. The van der Waals surface area contributed by atoms with E-state index < -0.39 is 40.6 Å². The number of anilines is 2. The molecule has 0 radical (unpaired) electrons. The monoisotopic (exact) mass is 655 g/mol. The van der Waals surface area contributed by atoms with Gasteiger partial charge in [-0.2, -0.15) is 0 Å². The van der Waals surface area contributed by atoms with Gasteiger partial charge in [-0.15, -0.1) is 0 Å². The standard InChI is InChI=1S/C34H26FN3O6S2/c1-43-24-15-10-19(16-25(24)44-2)27-28-29(32(41)38(31(28)40)21-13-11-20(35)12-14-21)45-33-30(27)46-34(42)37(33)17-26(39)36-23-9-5-7-18-6-3-4-8-22(18)23/h3-16,27-29H,17H2,1-2H3,(H,36,39). The lowest BCUT2D eigenvalue weighted by atomic mass is 9.83. The van der Waals surface area contributed by atoms with Gasteiger partial charge in [0.25, 0.3) is 0 Å². The van der Waals surface area contributed by atoms with Crippen LogP contribution in [-0.4, -0.2) is 41.8 Å². The van der Waals surface area contributed by atoms with Crippen LogP contribution in [0.2, 0.25) is 0 Å². The molecule has 3 amide bonds. The first-order valence-electron chi connectivity index (χ1n) is 14.3. The number of fused-ring (bicyclic) bond motifs is 3. The first-order valence-corrected chi connectivity index (χ1v) is 16.0. The SMILES string of the molecule is COc1ccc(C2c3sc(=O)n(CC(=O)Nc4cccc5ccccc45)c3SC3C(=O)N(c4ccc(F)cc4)C(=O)C32)cc1OC. The van der Waals surface area contributed by atoms with Crippen LogP contribution < -0.4 is 24.6 Å². The quantitative estimate of drug-likeness (QED) is 0.226. The van der Waals surface area contributed by atoms with Crippen LogP contribution in [0.1, 0.15) is 16.4 Å². The Morgan fingerprint density at radius 3 is 2.39 bits per heavy atom. The molecule has 2 aliphatic rings. The third kappa shape index (κ3) is 4.94. The summed E-state index contributed by atoms with van der Waals surface area (Å²) >= 11 is 2.05. The van der Waals surface area contributed by atoms with Gasteiger partial charge in [-0.1, -0.05) is 65.6 Å². The Kier molecular flexibility index (Phi) is 7.61. The molecule has 0 aliphatic carbocycles. The van der Waals surface area contributed by atoms with E-state index in [1.807, 2.05) is 36.4 Å². The maximum Gasteiger partial charge on any atom is 0.308 e. The van der Waals surface area contributed by atoms with Crippen LogP contribution in [0.25, 0.3) is 10.8 Å². The fourth-order valence-corrected chi connectivity index (χ4v) is 8.95. The van der Waals surface area contributed by atoms with Crippen molar-refractivity contribution in [3.8, 4) is 11.5 Å². The van der Waals surface area contributed by atoms with Crippen LogP contribution in [0.4, 0.5) is 15.8 Å². The van der Waals surface area contributed by atoms with E-state index in [4.69, 9.17) is 9.47 Å². The van der Waals surface area contributed by atoms with Crippen LogP contribution >= 0.6 is 23.1 Å². The zero-order chi connectivity index (χ0) is 32.1. The highest BCUT2D eigenvalue weighted by molar-refractivity contribution is 8.00. The average Bonchev–Trinajstić information content (AvgIpc) is 3.51. The van der Waals surface area contributed by atoms with Crippen molar-refractivity contribution in [3.05, 3.63) is 111 Å². The Bertz CT molecular complexity index is 2090. The zero-order valence-corrected chi connectivity index (χ0v) is 26.2. The van der Waals surface area contributed by atoms with Gasteiger partial charge in [-0.25, -0.2) is 9.29 Å². The zero-order valence-electron chi connectivity index (χ0n) is 24.6. The summed E-state index contributed by atoms with van der Waals surface area (Å²) < 4.78 is 26.1. The van der Waals surface area contributed by atoms with Crippen LogP contribution in [0, 0.1) is 11.7 Å². The summed E-state index contributed by atoms with van der Waals surface area (Å²) in [4.78, 5) is 56.2. The number of carbonyl (C=O) groups excluding carboxylic acids is 3. The molecule has 2 aliphatic heterocycles. The predicted molar refractivity (Wildman–Crippen MR) is 175 cm³/mol. The van der Waals surface area contributed by atoms with Crippen molar-refractivity contribution < 1.29 is 28.2 Å². The molecule has 4 aromatic carbocycles. The molecule has 0 spiro atoms. The summed E-state index contributed by atoms with van der Waals surface area (Å²) in [7, 11) is 3.01. The van der Waals surface area contributed by atoms with Gasteiger partial charge in [0, 0.05) is 21.9 Å². The number of methoxy groups -OCH3 is 2. The molecule has 0 saturated carbocycles. The van der Waals surface area contributed by atoms with E-state index in [0.717, 1.165) is 38.8 Å². The Balaban J connectivity index is 1.30. The summed E-state index contributed by atoms with van der Waals surface area (Å²) in [5.41, 5.74) is 1.51. The number of nitrogens with one attached hydrogen (secondary N) is 1. The molecule has 7 rings (SSSR count). The second-order valence-corrected chi connectivity index (χ2v) is 13.0. The van der Waals surface area contributed by atoms with Gasteiger partial charge in [0.2, 0.25) is 17.7 Å². The molecular formula is C34H26FN3O6S2. The highest BCUT2D eigenvalue weighted by Gasteiger charge is 2.57. The highest BCUT2D eigenvalue weighted by atomic mass is 32.2. The number of hydrogen-bond acceptors (Lipinski definition) is 8. The first kappa shape index (κ1) is 29.8. The molecule has 0 bridgehead atoms. The van der Waals surface area contributed by atoms with E-state index in [2.05, 4.69) is 5.32 Å². The van der Waals surface area contributed by atoms with E-state index in [1.165, 1.54) is 43.1 Å². The molecule has 3 heterocycles. The summed E-state index contributed by atoms with van der Waals surface area (Å²) in [6.07, 6.45) is 0. The minimum absolute atomic E-state index is 0.257. The van der Waals surface area contributed by atoms with E-state index in [1.54, 1.807) is 24.3 Å². The minimum Gasteiger partial charge on any atom is -0.493 e. The summed E-state index contributed by atoms with van der Waals surface area (Å²) in [5.74, 6) is -2.52. The minimum atomic E-state index is -0.899. The predicted octanol–water partition coefficient (Wildman–Crippen LogP) is 5.65. The Morgan fingerprint density at radius 1 is 0.891 bits per heavy atom. The molecule has 12 heteroatoms. The van der Waals surface area contributed by atoms with Crippen molar-refractivity contribution >= 4 is 63.0 Å². The topological polar surface area (TPSA) is 107 Å². The lowest BCUT2D eigenvalue weighted by Crippen LogP contribution is -2.33. The van der Waals surface area contributed by atoms with Crippen LogP contribution in [0.3, 0.4) is 0 Å². The lowest BCUT2D eigenvalue weighted by Gasteiger charge is -2.31. The number of benzene rings is 4. The lowest BCUT2D eigenvalue weighted by molar-refractivity contribution is -0.122. The number of amides is 3. The van der Waals surface area contributed by atoms with Gasteiger partial charge in [0.05, 0.1) is 30.9 Å². The number of nitrogens with zero attached hydrogens (tertiary/aromatic N) is 2. The fraction of sp³-hybridized carbons (Fsp3) is 0.176. The van der Waals surface area contributed by atoms with Crippen molar-refractivity contribution in [1.82, 2.24) is 4.57 Å².